The van der Waals surface area contributed by atoms with E-state index in [9.17, 15) is 8.42 Å². The van der Waals surface area contributed by atoms with Crippen LogP contribution in [0.1, 0.15) is 16.7 Å². The van der Waals surface area contributed by atoms with Gasteiger partial charge in [0.2, 0.25) is 0 Å². The van der Waals surface area contributed by atoms with Gasteiger partial charge >= 0.3 is 0 Å². The van der Waals surface area contributed by atoms with Crippen molar-refractivity contribution in [1.29, 1.82) is 0 Å². The zero-order valence-electron chi connectivity index (χ0n) is 12.1. The van der Waals surface area contributed by atoms with Crippen molar-refractivity contribution in [3.8, 4) is 0 Å². The number of halogens is 1. The predicted octanol–water partition coefficient (Wildman–Crippen LogP) is 3.76. The molecule has 21 heavy (non-hydrogen) atoms. The molecular formula is C15H17BrN2O2S. The van der Waals surface area contributed by atoms with Crippen LogP contribution in [0.4, 0.5) is 11.4 Å². The highest BCUT2D eigenvalue weighted by molar-refractivity contribution is 9.10. The Morgan fingerprint density at radius 1 is 1.05 bits per heavy atom. The molecule has 112 valence electrons. The van der Waals surface area contributed by atoms with Gasteiger partial charge in [-0.1, -0.05) is 22.0 Å². The zero-order valence-corrected chi connectivity index (χ0v) is 14.5. The number of nitrogens with two attached hydrogens (primary N) is 1. The smallest absolute Gasteiger partial charge is 0.261 e. The fourth-order valence-electron chi connectivity index (χ4n) is 1.88. The number of nitrogens with one attached hydrogen (secondary N) is 1. The van der Waals surface area contributed by atoms with E-state index in [1.165, 1.54) is 6.07 Å². The number of benzene rings is 2. The summed E-state index contributed by atoms with van der Waals surface area (Å²) in [7, 11) is -3.66. The Morgan fingerprint density at radius 3 is 2.29 bits per heavy atom. The van der Waals surface area contributed by atoms with Gasteiger partial charge in [0.05, 0.1) is 4.90 Å². The van der Waals surface area contributed by atoms with Crippen LogP contribution in [0.2, 0.25) is 0 Å². The lowest BCUT2D eigenvalue weighted by Gasteiger charge is -2.12. The van der Waals surface area contributed by atoms with Crippen LogP contribution in [0, 0.1) is 20.8 Å². The van der Waals surface area contributed by atoms with Gasteiger partial charge in [0.25, 0.3) is 10.0 Å². The van der Waals surface area contributed by atoms with Gasteiger partial charge in [0.15, 0.2) is 0 Å². The third-order valence-corrected chi connectivity index (χ3v) is 5.63. The Kier molecular flexibility index (Phi) is 4.30. The number of rotatable bonds is 3. The Bertz CT molecular complexity index is 778. The van der Waals surface area contributed by atoms with Gasteiger partial charge in [-0.05, 0) is 61.7 Å². The third-order valence-electron chi connectivity index (χ3n) is 3.42. The summed E-state index contributed by atoms with van der Waals surface area (Å²) in [6.45, 7) is 5.64. The first-order valence-electron chi connectivity index (χ1n) is 6.36. The molecular weight excluding hydrogens is 352 g/mol. The van der Waals surface area contributed by atoms with Crippen molar-refractivity contribution in [3.05, 3.63) is 51.5 Å². The largest absolute Gasteiger partial charge is 0.398 e. The van der Waals surface area contributed by atoms with E-state index in [0.29, 0.717) is 11.4 Å². The number of nitrogen functional groups attached to an aromatic ring is 1. The Hall–Kier alpha value is -1.53. The highest BCUT2D eigenvalue weighted by Gasteiger charge is 2.16. The van der Waals surface area contributed by atoms with Crippen LogP contribution < -0.4 is 10.5 Å². The molecule has 3 N–H and O–H groups in total. The second kappa shape index (κ2) is 5.69. The van der Waals surface area contributed by atoms with E-state index in [4.69, 9.17) is 5.73 Å². The third kappa shape index (κ3) is 3.39. The summed E-state index contributed by atoms with van der Waals surface area (Å²) in [6, 6.07) is 8.40. The first-order chi connectivity index (χ1) is 9.70. The van der Waals surface area contributed by atoms with Crippen molar-refractivity contribution < 1.29 is 8.42 Å². The van der Waals surface area contributed by atoms with E-state index >= 15 is 0 Å². The summed E-state index contributed by atoms with van der Waals surface area (Å²) in [5.41, 5.74) is 9.61. The molecule has 4 nitrogen and oxygen atoms in total. The van der Waals surface area contributed by atoms with Gasteiger partial charge in [-0.2, -0.15) is 0 Å². The lowest BCUT2D eigenvalue weighted by Crippen LogP contribution is -2.14. The summed E-state index contributed by atoms with van der Waals surface area (Å²) in [5.74, 6) is 0. The maximum atomic E-state index is 12.4. The molecule has 0 atom stereocenters. The van der Waals surface area contributed by atoms with Crippen LogP contribution in [-0.2, 0) is 10.0 Å². The number of anilines is 2. The first-order valence-corrected chi connectivity index (χ1v) is 8.64. The minimum absolute atomic E-state index is 0.166. The Labute approximate surface area is 133 Å². The van der Waals surface area contributed by atoms with Crippen LogP contribution in [-0.4, -0.2) is 8.42 Å². The molecule has 0 radical (unpaired) electrons. The lowest BCUT2D eigenvalue weighted by molar-refractivity contribution is 0.601. The molecule has 0 heterocycles. The van der Waals surface area contributed by atoms with Gasteiger partial charge in [-0.3, -0.25) is 4.72 Å². The molecule has 0 amide bonds. The fraction of sp³-hybridized carbons (Fsp3) is 0.200. The second-order valence-corrected chi connectivity index (χ2v) is 7.56. The van der Waals surface area contributed by atoms with Gasteiger partial charge in [0.1, 0.15) is 0 Å². The molecule has 0 saturated heterocycles. The van der Waals surface area contributed by atoms with E-state index in [2.05, 4.69) is 20.7 Å². The maximum absolute atomic E-state index is 12.4. The molecule has 6 heteroatoms. The number of aryl methyl sites for hydroxylation is 2. The van der Waals surface area contributed by atoms with Gasteiger partial charge in [-0.15, -0.1) is 0 Å². The minimum atomic E-state index is -3.66. The van der Waals surface area contributed by atoms with Crippen LogP contribution in [0.15, 0.2) is 39.7 Å². The summed E-state index contributed by atoms with van der Waals surface area (Å²) in [5, 5.41) is 0. The van der Waals surface area contributed by atoms with Gasteiger partial charge in [0, 0.05) is 15.8 Å². The lowest BCUT2D eigenvalue weighted by atomic mass is 10.1. The quantitative estimate of drug-likeness (QED) is 0.810. The zero-order chi connectivity index (χ0) is 15.8. The second-order valence-electron chi connectivity index (χ2n) is 5.02. The van der Waals surface area contributed by atoms with Crippen molar-refractivity contribution in [3.63, 3.8) is 0 Å². The average Bonchev–Trinajstić information content (AvgIpc) is 2.39. The summed E-state index contributed by atoms with van der Waals surface area (Å²) in [4.78, 5) is 0.166. The summed E-state index contributed by atoms with van der Waals surface area (Å²) in [6.07, 6.45) is 0. The summed E-state index contributed by atoms with van der Waals surface area (Å²) >= 11 is 3.39. The molecule has 0 fully saturated rings. The highest BCUT2D eigenvalue weighted by atomic mass is 79.9. The molecule has 0 unspecified atom stereocenters. The highest BCUT2D eigenvalue weighted by Crippen LogP contribution is 2.25. The average molecular weight is 369 g/mol. The molecule has 2 aromatic carbocycles. The molecule has 0 aliphatic rings. The first kappa shape index (κ1) is 15.9. The molecule has 0 bridgehead atoms. The van der Waals surface area contributed by atoms with Crippen molar-refractivity contribution in [2.75, 3.05) is 10.5 Å². The standard InChI is InChI=1S/C15H17BrN2O2S/c1-9-4-5-12(7-14(9)16)18-21(19,20)13-6-10(2)11(3)15(17)8-13/h4-8,18H,17H2,1-3H3. The van der Waals surface area contributed by atoms with Crippen LogP contribution in [0.5, 0.6) is 0 Å². The summed E-state index contributed by atoms with van der Waals surface area (Å²) < 4.78 is 28.3. The van der Waals surface area contributed by atoms with Crippen LogP contribution in [0.25, 0.3) is 0 Å². The fourth-order valence-corrected chi connectivity index (χ4v) is 3.43. The SMILES string of the molecule is Cc1ccc(NS(=O)(=O)c2cc(C)c(C)c(N)c2)cc1Br. The number of sulfonamides is 1. The van der Waals surface area contributed by atoms with Crippen molar-refractivity contribution in [2.24, 2.45) is 0 Å². The predicted molar refractivity (Wildman–Crippen MR) is 90.0 cm³/mol. The molecule has 0 spiro atoms. The maximum Gasteiger partial charge on any atom is 0.261 e. The molecule has 2 aromatic rings. The molecule has 2 rings (SSSR count). The number of hydrogen-bond donors (Lipinski definition) is 2. The van der Waals surface area contributed by atoms with Crippen LogP contribution in [0.3, 0.4) is 0 Å². The van der Waals surface area contributed by atoms with E-state index in [0.717, 1.165) is 21.2 Å². The van der Waals surface area contributed by atoms with Crippen molar-refractivity contribution in [2.45, 2.75) is 25.7 Å². The monoisotopic (exact) mass is 368 g/mol. The number of hydrogen-bond acceptors (Lipinski definition) is 3. The van der Waals surface area contributed by atoms with Crippen molar-refractivity contribution in [1.82, 2.24) is 0 Å². The molecule has 0 aromatic heterocycles. The van der Waals surface area contributed by atoms with Gasteiger partial charge in [-0.25, -0.2) is 8.42 Å². The Balaban J connectivity index is 2.40. The van der Waals surface area contributed by atoms with E-state index in [-0.39, 0.29) is 4.90 Å². The van der Waals surface area contributed by atoms with E-state index < -0.39 is 10.0 Å². The van der Waals surface area contributed by atoms with E-state index in [1.807, 2.05) is 26.8 Å². The minimum Gasteiger partial charge on any atom is -0.398 e. The normalized spacial score (nSPS) is 11.4. The van der Waals surface area contributed by atoms with Crippen molar-refractivity contribution >= 4 is 37.3 Å². The van der Waals surface area contributed by atoms with E-state index in [1.54, 1.807) is 18.2 Å². The Morgan fingerprint density at radius 2 is 1.71 bits per heavy atom. The molecule has 0 saturated carbocycles. The molecule has 0 aliphatic carbocycles. The molecule has 0 aliphatic heterocycles. The van der Waals surface area contributed by atoms with Crippen LogP contribution >= 0.6 is 15.9 Å². The topological polar surface area (TPSA) is 72.2 Å². The van der Waals surface area contributed by atoms with Gasteiger partial charge < -0.3 is 5.73 Å².